The molecule has 1 unspecified atom stereocenters. The minimum absolute atomic E-state index is 0.0822. The fraction of sp³-hybridized carbons (Fsp3) is 0.400. The lowest BCUT2D eigenvalue weighted by molar-refractivity contribution is 0.0684. The van der Waals surface area contributed by atoms with E-state index in [1.165, 1.54) is 0 Å². The predicted molar refractivity (Wildman–Crippen MR) is 72.1 cm³/mol. The van der Waals surface area contributed by atoms with Crippen LogP contribution >= 0.6 is 0 Å². The number of hydrogen-bond donors (Lipinski definition) is 1. The van der Waals surface area contributed by atoms with Crippen molar-refractivity contribution in [3.63, 3.8) is 0 Å². The van der Waals surface area contributed by atoms with E-state index in [0.29, 0.717) is 12.3 Å². The normalized spacial score (nSPS) is 18.9. The van der Waals surface area contributed by atoms with Gasteiger partial charge in [-0.1, -0.05) is 12.1 Å². The average molecular weight is 259 g/mol. The third-order valence-electron chi connectivity index (χ3n) is 3.34. The fourth-order valence-corrected chi connectivity index (χ4v) is 2.35. The second kappa shape index (κ2) is 5.55. The molecule has 3 rings (SSSR count). The van der Waals surface area contributed by atoms with Crippen LogP contribution in [0.2, 0.25) is 0 Å². The molecule has 0 amide bonds. The smallest absolute Gasteiger partial charge is 0.130 e. The SMILES string of the molecule is OCc1cc(OCC2CCCO2)c2ccccc2n1. The minimum atomic E-state index is -0.0822. The van der Waals surface area contributed by atoms with Gasteiger partial charge >= 0.3 is 0 Å². The van der Waals surface area contributed by atoms with Gasteiger partial charge in [-0.2, -0.15) is 0 Å². The summed E-state index contributed by atoms with van der Waals surface area (Å²) < 4.78 is 11.4. The Labute approximate surface area is 112 Å². The maximum Gasteiger partial charge on any atom is 0.130 e. The Balaban J connectivity index is 1.87. The average Bonchev–Trinajstić information content (AvgIpc) is 2.97. The standard InChI is InChI=1S/C15H17NO3/c17-9-11-8-15(19-10-12-4-3-7-18-12)13-5-1-2-6-14(13)16-11/h1-2,5-6,8,12,17H,3-4,7,9-10H2. The third-order valence-corrected chi connectivity index (χ3v) is 3.34. The lowest BCUT2D eigenvalue weighted by Crippen LogP contribution is -2.16. The van der Waals surface area contributed by atoms with E-state index in [1.54, 1.807) is 6.07 Å². The number of fused-ring (bicyclic) bond motifs is 1. The molecular weight excluding hydrogens is 242 g/mol. The Bertz CT molecular complexity index is 564. The number of benzene rings is 1. The highest BCUT2D eigenvalue weighted by Crippen LogP contribution is 2.26. The first-order valence-corrected chi connectivity index (χ1v) is 6.61. The van der Waals surface area contributed by atoms with Gasteiger partial charge in [0.2, 0.25) is 0 Å². The van der Waals surface area contributed by atoms with Crippen molar-refractivity contribution >= 4 is 10.9 Å². The first-order chi connectivity index (χ1) is 9.36. The number of pyridine rings is 1. The molecule has 0 bridgehead atoms. The molecular formula is C15H17NO3. The summed E-state index contributed by atoms with van der Waals surface area (Å²) in [5, 5.41) is 10.2. The van der Waals surface area contributed by atoms with Gasteiger partial charge in [0.25, 0.3) is 0 Å². The maximum atomic E-state index is 9.26. The molecule has 1 N–H and O–H groups in total. The van der Waals surface area contributed by atoms with Crippen molar-refractivity contribution in [1.29, 1.82) is 0 Å². The Hall–Kier alpha value is -1.65. The van der Waals surface area contributed by atoms with Crippen LogP contribution in [0.25, 0.3) is 10.9 Å². The second-order valence-electron chi connectivity index (χ2n) is 4.73. The van der Waals surface area contributed by atoms with E-state index in [4.69, 9.17) is 9.47 Å². The van der Waals surface area contributed by atoms with Crippen molar-refractivity contribution in [2.45, 2.75) is 25.6 Å². The van der Waals surface area contributed by atoms with Gasteiger partial charge in [0.05, 0.1) is 23.9 Å². The van der Waals surface area contributed by atoms with E-state index in [9.17, 15) is 5.11 Å². The van der Waals surface area contributed by atoms with Crippen LogP contribution in [0.5, 0.6) is 5.75 Å². The van der Waals surface area contributed by atoms with Gasteiger partial charge in [0.1, 0.15) is 12.4 Å². The van der Waals surface area contributed by atoms with E-state index in [-0.39, 0.29) is 12.7 Å². The fourth-order valence-electron chi connectivity index (χ4n) is 2.35. The third kappa shape index (κ3) is 2.69. The summed E-state index contributed by atoms with van der Waals surface area (Å²) in [4.78, 5) is 4.37. The molecule has 4 nitrogen and oxygen atoms in total. The van der Waals surface area contributed by atoms with Gasteiger partial charge < -0.3 is 14.6 Å². The molecule has 1 aromatic heterocycles. The topological polar surface area (TPSA) is 51.6 Å². The molecule has 19 heavy (non-hydrogen) atoms. The zero-order chi connectivity index (χ0) is 13.1. The molecule has 0 saturated carbocycles. The Morgan fingerprint density at radius 1 is 1.37 bits per heavy atom. The zero-order valence-electron chi connectivity index (χ0n) is 10.7. The number of ether oxygens (including phenoxy) is 2. The molecule has 100 valence electrons. The van der Waals surface area contributed by atoms with Crippen molar-refractivity contribution in [1.82, 2.24) is 4.98 Å². The van der Waals surface area contributed by atoms with E-state index in [1.807, 2.05) is 24.3 Å². The van der Waals surface area contributed by atoms with E-state index >= 15 is 0 Å². The lowest BCUT2D eigenvalue weighted by atomic mass is 10.2. The van der Waals surface area contributed by atoms with Gasteiger partial charge in [-0.05, 0) is 25.0 Å². The van der Waals surface area contributed by atoms with E-state index < -0.39 is 0 Å². The molecule has 0 radical (unpaired) electrons. The molecule has 1 aromatic carbocycles. The largest absolute Gasteiger partial charge is 0.490 e. The highest BCUT2D eigenvalue weighted by molar-refractivity contribution is 5.85. The molecule has 1 aliphatic rings. The van der Waals surface area contributed by atoms with Crippen LogP contribution in [0.1, 0.15) is 18.5 Å². The number of rotatable bonds is 4. The Morgan fingerprint density at radius 3 is 3.05 bits per heavy atom. The summed E-state index contributed by atoms with van der Waals surface area (Å²) in [7, 11) is 0. The van der Waals surface area contributed by atoms with Crippen LogP contribution in [0.3, 0.4) is 0 Å². The van der Waals surface area contributed by atoms with Crippen LogP contribution in [0.15, 0.2) is 30.3 Å². The van der Waals surface area contributed by atoms with Crippen LogP contribution in [0, 0.1) is 0 Å². The lowest BCUT2D eigenvalue weighted by Gasteiger charge is -2.14. The predicted octanol–water partition coefficient (Wildman–Crippen LogP) is 2.28. The van der Waals surface area contributed by atoms with Crippen LogP contribution in [-0.2, 0) is 11.3 Å². The minimum Gasteiger partial charge on any atom is -0.490 e. The van der Waals surface area contributed by atoms with Gasteiger partial charge in [0, 0.05) is 18.1 Å². The van der Waals surface area contributed by atoms with Crippen LogP contribution < -0.4 is 4.74 Å². The molecule has 1 aliphatic heterocycles. The van der Waals surface area contributed by atoms with Crippen molar-refractivity contribution in [2.75, 3.05) is 13.2 Å². The van der Waals surface area contributed by atoms with Crippen molar-refractivity contribution < 1.29 is 14.6 Å². The molecule has 0 spiro atoms. The summed E-state index contributed by atoms with van der Waals surface area (Å²) in [6.45, 7) is 1.30. The molecule has 1 atom stereocenters. The van der Waals surface area contributed by atoms with Gasteiger partial charge in [-0.25, -0.2) is 0 Å². The number of aliphatic hydroxyl groups is 1. The number of nitrogens with zero attached hydrogens (tertiary/aromatic N) is 1. The summed E-state index contributed by atoms with van der Waals surface area (Å²) in [6.07, 6.45) is 2.34. The van der Waals surface area contributed by atoms with Crippen molar-refractivity contribution in [3.05, 3.63) is 36.0 Å². The highest BCUT2D eigenvalue weighted by atomic mass is 16.5. The molecule has 4 heteroatoms. The molecule has 0 aliphatic carbocycles. The summed E-state index contributed by atoms with van der Waals surface area (Å²) in [5.74, 6) is 0.769. The first kappa shape index (κ1) is 12.4. The zero-order valence-corrected chi connectivity index (χ0v) is 10.7. The number of para-hydroxylation sites is 1. The second-order valence-corrected chi connectivity index (χ2v) is 4.73. The quantitative estimate of drug-likeness (QED) is 0.915. The van der Waals surface area contributed by atoms with E-state index in [0.717, 1.165) is 36.1 Å². The monoisotopic (exact) mass is 259 g/mol. The molecule has 1 fully saturated rings. The number of aromatic nitrogens is 1. The van der Waals surface area contributed by atoms with E-state index in [2.05, 4.69) is 4.98 Å². The van der Waals surface area contributed by atoms with Crippen molar-refractivity contribution in [3.8, 4) is 5.75 Å². The maximum absolute atomic E-state index is 9.26. The molecule has 2 heterocycles. The molecule has 1 saturated heterocycles. The Morgan fingerprint density at radius 2 is 2.26 bits per heavy atom. The van der Waals surface area contributed by atoms with Gasteiger partial charge in [-0.15, -0.1) is 0 Å². The summed E-state index contributed by atoms with van der Waals surface area (Å²) in [6, 6.07) is 9.60. The van der Waals surface area contributed by atoms with Gasteiger partial charge in [-0.3, -0.25) is 4.98 Å². The number of hydrogen-bond acceptors (Lipinski definition) is 4. The van der Waals surface area contributed by atoms with Crippen molar-refractivity contribution in [2.24, 2.45) is 0 Å². The molecule has 2 aromatic rings. The van der Waals surface area contributed by atoms with Crippen LogP contribution in [-0.4, -0.2) is 29.4 Å². The summed E-state index contributed by atoms with van der Waals surface area (Å²) in [5.41, 5.74) is 1.47. The van der Waals surface area contributed by atoms with Gasteiger partial charge in [0.15, 0.2) is 0 Å². The summed E-state index contributed by atoms with van der Waals surface area (Å²) >= 11 is 0. The highest BCUT2D eigenvalue weighted by Gasteiger charge is 2.17. The first-order valence-electron chi connectivity index (χ1n) is 6.61. The Kier molecular flexibility index (Phi) is 3.62. The van der Waals surface area contributed by atoms with Crippen LogP contribution in [0.4, 0.5) is 0 Å². The number of aliphatic hydroxyl groups excluding tert-OH is 1.